The first-order chi connectivity index (χ1) is 14.0. The number of aliphatic imine (C=N–C) groups is 1. The minimum Gasteiger partial charge on any atom is -0.371 e. The highest BCUT2D eigenvalue weighted by Gasteiger charge is 2.20. The maximum absolute atomic E-state index is 11.5. The number of hydrogen-bond acceptors (Lipinski definition) is 4. The van der Waals surface area contributed by atoms with Crippen molar-refractivity contribution in [2.45, 2.75) is 30.2 Å². The van der Waals surface area contributed by atoms with E-state index in [1.165, 1.54) is 11.9 Å². The lowest BCUT2D eigenvalue weighted by Gasteiger charge is -2.34. The molecule has 2 aromatic carbocycles. The van der Waals surface area contributed by atoms with Crippen molar-refractivity contribution >= 4 is 45.5 Å². The molecule has 1 fully saturated rings. The molecule has 1 aliphatic heterocycles. The van der Waals surface area contributed by atoms with Crippen LogP contribution < -0.4 is 15.5 Å². The molecule has 0 spiro atoms. The van der Waals surface area contributed by atoms with Gasteiger partial charge >= 0.3 is 0 Å². The maximum atomic E-state index is 11.5. The summed E-state index contributed by atoms with van der Waals surface area (Å²) in [6.07, 6.45) is 4.17. The van der Waals surface area contributed by atoms with Crippen molar-refractivity contribution < 1.29 is 8.42 Å². The average Bonchev–Trinajstić information content (AvgIpc) is 2.74. The molecule has 0 saturated carbocycles. The van der Waals surface area contributed by atoms with Crippen LogP contribution in [-0.2, 0) is 16.3 Å². The Bertz CT molecular complexity index is 910. The van der Waals surface area contributed by atoms with Gasteiger partial charge in [-0.1, -0.05) is 30.3 Å². The summed E-state index contributed by atoms with van der Waals surface area (Å²) in [5.74, 6) is 0.816. The van der Waals surface area contributed by atoms with Gasteiger partial charge in [0.05, 0.1) is 4.90 Å². The van der Waals surface area contributed by atoms with E-state index >= 15 is 0 Å². The Labute approximate surface area is 197 Å². The lowest BCUT2D eigenvalue weighted by molar-refractivity contribution is 0.461. The molecule has 6 nitrogen and oxygen atoms in total. The Morgan fingerprint density at radius 3 is 2.27 bits per heavy atom. The predicted octanol–water partition coefficient (Wildman–Crippen LogP) is 3.08. The number of anilines is 1. The molecular formula is C22H31IN4O2S. The van der Waals surface area contributed by atoms with Crippen LogP contribution in [0.15, 0.2) is 64.5 Å². The number of sulfone groups is 1. The first kappa shape index (κ1) is 24.5. The van der Waals surface area contributed by atoms with Crippen molar-refractivity contribution in [3.8, 4) is 0 Å². The van der Waals surface area contributed by atoms with Crippen molar-refractivity contribution in [1.29, 1.82) is 0 Å². The van der Waals surface area contributed by atoms with Crippen LogP contribution in [-0.4, -0.2) is 53.4 Å². The molecule has 30 heavy (non-hydrogen) atoms. The van der Waals surface area contributed by atoms with E-state index in [0.717, 1.165) is 50.4 Å². The summed E-state index contributed by atoms with van der Waals surface area (Å²) in [6.45, 7) is 2.80. The summed E-state index contributed by atoms with van der Waals surface area (Å²) < 4.78 is 23.1. The molecule has 1 saturated heterocycles. The zero-order chi connectivity index (χ0) is 20.7. The largest absolute Gasteiger partial charge is 0.371 e. The van der Waals surface area contributed by atoms with Crippen LogP contribution in [0, 0.1) is 0 Å². The van der Waals surface area contributed by atoms with Crippen LogP contribution in [0.3, 0.4) is 0 Å². The Kier molecular flexibility index (Phi) is 9.41. The summed E-state index contributed by atoms with van der Waals surface area (Å²) >= 11 is 0. The van der Waals surface area contributed by atoms with E-state index in [9.17, 15) is 8.42 Å². The van der Waals surface area contributed by atoms with Gasteiger partial charge in [0.2, 0.25) is 0 Å². The predicted molar refractivity (Wildman–Crippen MR) is 135 cm³/mol. The number of nitrogens with one attached hydrogen (secondary N) is 2. The van der Waals surface area contributed by atoms with E-state index in [4.69, 9.17) is 0 Å². The summed E-state index contributed by atoms with van der Waals surface area (Å²) in [4.78, 5) is 7.12. The van der Waals surface area contributed by atoms with Crippen molar-refractivity contribution in [2.24, 2.45) is 4.99 Å². The van der Waals surface area contributed by atoms with Gasteiger partial charge in [0.15, 0.2) is 15.8 Å². The quantitative estimate of drug-likeness (QED) is 0.334. The molecule has 1 heterocycles. The molecule has 8 heteroatoms. The van der Waals surface area contributed by atoms with Crippen LogP contribution in [0.2, 0.25) is 0 Å². The molecule has 0 aliphatic carbocycles. The highest BCUT2D eigenvalue weighted by Crippen LogP contribution is 2.19. The molecule has 0 radical (unpaired) electrons. The number of piperidine rings is 1. The van der Waals surface area contributed by atoms with Gasteiger partial charge < -0.3 is 15.5 Å². The van der Waals surface area contributed by atoms with Crippen LogP contribution in [0.4, 0.5) is 5.69 Å². The highest BCUT2D eigenvalue weighted by molar-refractivity contribution is 14.0. The van der Waals surface area contributed by atoms with Gasteiger partial charge in [0.25, 0.3) is 0 Å². The first-order valence-electron chi connectivity index (χ1n) is 10.0. The van der Waals surface area contributed by atoms with Crippen molar-refractivity contribution in [2.75, 3.05) is 37.8 Å². The Morgan fingerprint density at radius 1 is 1.07 bits per heavy atom. The normalized spacial score (nSPS) is 15.4. The van der Waals surface area contributed by atoms with E-state index in [0.29, 0.717) is 10.9 Å². The number of nitrogens with zero attached hydrogens (tertiary/aromatic N) is 2. The molecule has 3 rings (SSSR count). The van der Waals surface area contributed by atoms with Crippen LogP contribution in [0.25, 0.3) is 0 Å². The van der Waals surface area contributed by atoms with E-state index < -0.39 is 9.84 Å². The summed E-state index contributed by atoms with van der Waals surface area (Å²) in [5.41, 5.74) is 2.38. The third-order valence-corrected chi connectivity index (χ3v) is 6.37. The molecule has 0 bridgehead atoms. The van der Waals surface area contributed by atoms with Crippen molar-refractivity contribution in [1.82, 2.24) is 10.6 Å². The lowest BCUT2D eigenvalue weighted by Crippen LogP contribution is -2.49. The molecular weight excluding hydrogens is 511 g/mol. The number of halogens is 1. The van der Waals surface area contributed by atoms with Gasteiger partial charge in [-0.15, -0.1) is 24.0 Å². The number of guanidine groups is 1. The van der Waals surface area contributed by atoms with Crippen LogP contribution in [0.1, 0.15) is 18.4 Å². The van der Waals surface area contributed by atoms with Gasteiger partial charge in [0, 0.05) is 44.7 Å². The SMILES string of the molecule is CN=C(NCCc1ccc(S(C)(=O)=O)cc1)NC1CCN(c2ccccc2)CC1.I. The lowest BCUT2D eigenvalue weighted by atomic mass is 10.0. The average molecular weight is 542 g/mol. The summed E-state index contributed by atoms with van der Waals surface area (Å²) in [6, 6.07) is 18.0. The fourth-order valence-electron chi connectivity index (χ4n) is 3.54. The third kappa shape index (κ3) is 7.16. The van der Waals surface area contributed by atoms with Gasteiger partial charge in [-0.05, 0) is 49.1 Å². The molecule has 164 valence electrons. The number of hydrogen-bond donors (Lipinski definition) is 2. The maximum Gasteiger partial charge on any atom is 0.191 e. The molecule has 0 aromatic heterocycles. The zero-order valence-electron chi connectivity index (χ0n) is 17.5. The second-order valence-corrected chi connectivity index (χ2v) is 9.42. The number of benzene rings is 2. The van der Waals surface area contributed by atoms with Crippen LogP contribution >= 0.6 is 24.0 Å². The summed E-state index contributed by atoms with van der Waals surface area (Å²) in [5, 5.41) is 6.89. The Balaban J connectivity index is 0.00000320. The summed E-state index contributed by atoms with van der Waals surface area (Å²) in [7, 11) is -1.36. The fraction of sp³-hybridized carbons (Fsp3) is 0.409. The smallest absolute Gasteiger partial charge is 0.191 e. The first-order valence-corrected chi connectivity index (χ1v) is 11.9. The zero-order valence-corrected chi connectivity index (χ0v) is 20.7. The molecule has 0 unspecified atom stereocenters. The topological polar surface area (TPSA) is 73.8 Å². The van der Waals surface area contributed by atoms with E-state index in [1.807, 2.05) is 18.2 Å². The van der Waals surface area contributed by atoms with Crippen molar-refractivity contribution in [3.63, 3.8) is 0 Å². The van der Waals surface area contributed by atoms with E-state index in [-0.39, 0.29) is 24.0 Å². The molecule has 2 N–H and O–H groups in total. The molecule has 0 atom stereocenters. The third-order valence-electron chi connectivity index (χ3n) is 5.24. The highest BCUT2D eigenvalue weighted by atomic mass is 127. The monoisotopic (exact) mass is 542 g/mol. The molecule has 1 aliphatic rings. The number of para-hydroxylation sites is 1. The Morgan fingerprint density at radius 2 is 1.70 bits per heavy atom. The van der Waals surface area contributed by atoms with Crippen molar-refractivity contribution in [3.05, 3.63) is 60.2 Å². The van der Waals surface area contributed by atoms with E-state index in [1.54, 1.807) is 19.2 Å². The van der Waals surface area contributed by atoms with E-state index in [2.05, 4.69) is 44.8 Å². The number of rotatable bonds is 6. The van der Waals surface area contributed by atoms with Gasteiger partial charge in [-0.3, -0.25) is 4.99 Å². The minimum absolute atomic E-state index is 0. The second-order valence-electron chi connectivity index (χ2n) is 7.41. The van der Waals surface area contributed by atoms with Crippen LogP contribution in [0.5, 0.6) is 0 Å². The Hall–Kier alpha value is -1.81. The van der Waals surface area contributed by atoms with Gasteiger partial charge in [-0.2, -0.15) is 0 Å². The molecule has 2 aromatic rings. The van der Waals surface area contributed by atoms with Gasteiger partial charge in [-0.25, -0.2) is 8.42 Å². The van der Waals surface area contributed by atoms with Gasteiger partial charge in [0.1, 0.15) is 0 Å². The fourth-order valence-corrected chi connectivity index (χ4v) is 4.17. The second kappa shape index (κ2) is 11.5. The molecule has 0 amide bonds. The minimum atomic E-state index is -3.14. The standard InChI is InChI=1S/C22H30N4O2S.HI/c1-23-22(24-15-12-18-8-10-21(11-9-18)29(2,27)28)25-19-13-16-26(17-14-19)20-6-4-3-5-7-20;/h3-11,19H,12-17H2,1-2H3,(H2,23,24,25);1H.